The molecule has 1 unspecified atom stereocenters. The van der Waals surface area contributed by atoms with Crippen molar-refractivity contribution < 1.29 is 4.79 Å². The minimum atomic E-state index is -0.204. The fourth-order valence-electron chi connectivity index (χ4n) is 1.54. The molecule has 1 N–H and O–H groups in total. The van der Waals surface area contributed by atoms with Gasteiger partial charge in [-0.1, -0.05) is 20.8 Å². The van der Waals surface area contributed by atoms with Gasteiger partial charge in [0.05, 0.1) is 6.54 Å². The number of nitrogens with zero attached hydrogens (tertiary/aromatic N) is 1. The van der Waals surface area contributed by atoms with Gasteiger partial charge in [-0.25, -0.2) is 0 Å². The van der Waals surface area contributed by atoms with E-state index in [4.69, 9.17) is 0 Å². The summed E-state index contributed by atoms with van der Waals surface area (Å²) in [4.78, 5) is 14.1. The van der Waals surface area contributed by atoms with Crippen LogP contribution in [0.15, 0.2) is 0 Å². The number of hydrogen-bond acceptors (Lipinski definition) is 3. The fourth-order valence-corrected chi connectivity index (χ4v) is 1.54. The lowest BCUT2D eigenvalue weighted by Crippen LogP contribution is -2.52. The van der Waals surface area contributed by atoms with Crippen molar-refractivity contribution in [2.75, 3.05) is 26.2 Å². The second-order valence-electron chi connectivity index (χ2n) is 5.20. The molecule has 0 spiro atoms. The van der Waals surface area contributed by atoms with Gasteiger partial charge in [0.25, 0.3) is 0 Å². The molecule has 1 saturated heterocycles. The molecule has 0 aromatic rings. The minimum absolute atomic E-state index is 0.204. The van der Waals surface area contributed by atoms with E-state index < -0.39 is 0 Å². The Labute approximate surface area is 86.9 Å². The van der Waals surface area contributed by atoms with Gasteiger partial charge in [0.1, 0.15) is 0 Å². The number of carbonyl (C=O) groups excluding carboxylic acids is 1. The van der Waals surface area contributed by atoms with Crippen LogP contribution in [0.1, 0.15) is 27.7 Å². The van der Waals surface area contributed by atoms with E-state index in [0.717, 1.165) is 19.6 Å². The Morgan fingerprint density at radius 3 is 2.64 bits per heavy atom. The normalized spacial score (nSPS) is 25.0. The van der Waals surface area contributed by atoms with Crippen LogP contribution in [0.4, 0.5) is 0 Å². The van der Waals surface area contributed by atoms with Crippen molar-refractivity contribution in [3.63, 3.8) is 0 Å². The van der Waals surface area contributed by atoms with Gasteiger partial charge in [0.2, 0.25) is 0 Å². The van der Waals surface area contributed by atoms with Crippen LogP contribution >= 0.6 is 0 Å². The lowest BCUT2D eigenvalue weighted by Gasteiger charge is -2.34. The predicted octanol–water partition coefficient (Wildman–Crippen LogP) is 0.895. The monoisotopic (exact) mass is 198 g/mol. The molecule has 0 amide bonds. The van der Waals surface area contributed by atoms with E-state index in [2.05, 4.69) is 17.1 Å². The van der Waals surface area contributed by atoms with E-state index >= 15 is 0 Å². The number of carbonyl (C=O) groups is 1. The average molecular weight is 198 g/mol. The first kappa shape index (κ1) is 11.7. The minimum Gasteiger partial charge on any atom is -0.314 e. The van der Waals surface area contributed by atoms with Gasteiger partial charge in [0, 0.05) is 31.1 Å². The van der Waals surface area contributed by atoms with Crippen LogP contribution < -0.4 is 5.32 Å². The first-order valence-electron chi connectivity index (χ1n) is 5.39. The van der Waals surface area contributed by atoms with Gasteiger partial charge in [0.15, 0.2) is 5.78 Å². The van der Waals surface area contributed by atoms with Crippen molar-refractivity contribution in [2.24, 2.45) is 5.41 Å². The third-order valence-corrected chi connectivity index (χ3v) is 2.82. The molecule has 0 bridgehead atoms. The lowest BCUT2D eigenvalue weighted by molar-refractivity contribution is -0.128. The second kappa shape index (κ2) is 4.41. The molecular weight excluding hydrogens is 176 g/mol. The topological polar surface area (TPSA) is 32.3 Å². The molecular formula is C11H22N2O. The zero-order valence-corrected chi connectivity index (χ0v) is 9.76. The van der Waals surface area contributed by atoms with Crippen molar-refractivity contribution in [1.82, 2.24) is 10.2 Å². The first-order chi connectivity index (χ1) is 6.41. The highest BCUT2D eigenvalue weighted by molar-refractivity contribution is 5.85. The zero-order valence-electron chi connectivity index (χ0n) is 9.76. The van der Waals surface area contributed by atoms with Crippen molar-refractivity contribution in [2.45, 2.75) is 33.7 Å². The van der Waals surface area contributed by atoms with E-state index in [1.54, 1.807) is 0 Å². The van der Waals surface area contributed by atoms with Gasteiger partial charge in [-0.05, 0) is 6.92 Å². The average Bonchev–Trinajstić information content (AvgIpc) is 2.07. The maximum absolute atomic E-state index is 11.8. The van der Waals surface area contributed by atoms with Gasteiger partial charge < -0.3 is 5.32 Å². The summed E-state index contributed by atoms with van der Waals surface area (Å²) in [5, 5.41) is 3.32. The summed E-state index contributed by atoms with van der Waals surface area (Å²) in [5.74, 6) is 0.339. The Morgan fingerprint density at radius 2 is 2.14 bits per heavy atom. The molecule has 3 heteroatoms. The van der Waals surface area contributed by atoms with Crippen LogP contribution in [0.2, 0.25) is 0 Å². The zero-order chi connectivity index (χ0) is 10.8. The van der Waals surface area contributed by atoms with Gasteiger partial charge in [-0.15, -0.1) is 0 Å². The number of piperazine rings is 1. The second-order valence-corrected chi connectivity index (χ2v) is 5.20. The largest absolute Gasteiger partial charge is 0.314 e. The lowest BCUT2D eigenvalue weighted by atomic mass is 9.90. The molecule has 0 saturated carbocycles. The summed E-state index contributed by atoms with van der Waals surface area (Å²) in [7, 11) is 0. The Hall–Kier alpha value is -0.410. The summed E-state index contributed by atoms with van der Waals surface area (Å²) in [6, 6.07) is 0.482. The van der Waals surface area contributed by atoms with Crippen molar-refractivity contribution >= 4 is 5.78 Å². The van der Waals surface area contributed by atoms with Crippen molar-refractivity contribution in [3.8, 4) is 0 Å². The fraction of sp³-hybridized carbons (Fsp3) is 0.909. The summed E-state index contributed by atoms with van der Waals surface area (Å²) in [6.45, 7) is 11.7. The quantitative estimate of drug-likeness (QED) is 0.715. The molecule has 3 nitrogen and oxygen atoms in total. The SMILES string of the molecule is CC1CNCCN1CC(=O)C(C)(C)C. The van der Waals surface area contributed by atoms with E-state index in [1.807, 2.05) is 20.8 Å². The molecule has 1 atom stereocenters. The molecule has 1 rings (SSSR count). The number of hydrogen-bond donors (Lipinski definition) is 1. The Kier molecular flexibility index (Phi) is 3.67. The number of ketones is 1. The Balaban J connectivity index is 2.46. The highest BCUT2D eigenvalue weighted by atomic mass is 16.1. The summed E-state index contributed by atoms with van der Waals surface area (Å²) < 4.78 is 0. The molecule has 1 heterocycles. The molecule has 0 aliphatic carbocycles. The smallest absolute Gasteiger partial charge is 0.152 e. The summed E-state index contributed by atoms with van der Waals surface area (Å²) >= 11 is 0. The van der Waals surface area contributed by atoms with Crippen LogP contribution in [-0.2, 0) is 4.79 Å². The van der Waals surface area contributed by atoms with Crippen LogP contribution in [0.5, 0.6) is 0 Å². The molecule has 14 heavy (non-hydrogen) atoms. The highest BCUT2D eigenvalue weighted by Crippen LogP contribution is 2.16. The molecule has 1 aliphatic rings. The summed E-state index contributed by atoms with van der Waals surface area (Å²) in [5.41, 5.74) is -0.204. The van der Waals surface area contributed by atoms with E-state index in [1.165, 1.54) is 0 Å². The number of Topliss-reactive ketones (excluding diaryl/α,β-unsaturated/α-hetero) is 1. The number of nitrogens with one attached hydrogen (secondary N) is 1. The summed E-state index contributed by atoms with van der Waals surface area (Å²) in [6.07, 6.45) is 0. The first-order valence-corrected chi connectivity index (χ1v) is 5.39. The highest BCUT2D eigenvalue weighted by Gasteiger charge is 2.26. The maximum atomic E-state index is 11.8. The standard InChI is InChI=1S/C11H22N2O/c1-9-7-12-5-6-13(9)8-10(14)11(2,3)4/h9,12H,5-8H2,1-4H3. The van der Waals surface area contributed by atoms with E-state index in [9.17, 15) is 4.79 Å². The van der Waals surface area contributed by atoms with Crippen LogP contribution in [-0.4, -0.2) is 42.9 Å². The molecule has 0 aromatic heterocycles. The number of rotatable bonds is 2. The Morgan fingerprint density at radius 1 is 1.50 bits per heavy atom. The maximum Gasteiger partial charge on any atom is 0.152 e. The molecule has 0 aromatic carbocycles. The molecule has 0 radical (unpaired) electrons. The molecule has 1 fully saturated rings. The van der Waals surface area contributed by atoms with Crippen LogP contribution in [0, 0.1) is 5.41 Å². The molecule has 82 valence electrons. The van der Waals surface area contributed by atoms with Gasteiger partial charge in [-0.3, -0.25) is 9.69 Å². The van der Waals surface area contributed by atoms with Crippen LogP contribution in [0.25, 0.3) is 0 Å². The van der Waals surface area contributed by atoms with E-state index in [0.29, 0.717) is 18.4 Å². The third-order valence-electron chi connectivity index (χ3n) is 2.82. The predicted molar refractivity (Wildman–Crippen MR) is 58.4 cm³/mol. The van der Waals surface area contributed by atoms with Crippen molar-refractivity contribution in [1.29, 1.82) is 0 Å². The van der Waals surface area contributed by atoms with E-state index in [-0.39, 0.29) is 5.41 Å². The van der Waals surface area contributed by atoms with Crippen LogP contribution in [0.3, 0.4) is 0 Å². The van der Waals surface area contributed by atoms with Gasteiger partial charge >= 0.3 is 0 Å². The van der Waals surface area contributed by atoms with Gasteiger partial charge in [-0.2, -0.15) is 0 Å². The Bertz CT molecular complexity index is 208. The third kappa shape index (κ3) is 3.07. The molecule has 1 aliphatic heterocycles. The van der Waals surface area contributed by atoms with Crippen molar-refractivity contribution in [3.05, 3.63) is 0 Å².